The normalized spacial score (nSPS) is 12.2. The average Bonchev–Trinajstić information content (AvgIpc) is 2.54. The van der Waals surface area contributed by atoms with Crippen LogP contribution in [0.5, 0.6) is 0 Å². The van der Waals surface area contributed by atoms with Gasteiger partial charge in [-0.15, -0.1) is 11.8 Å². The summed E-state index contributed by atoms with van der Waals surface area (Å²) in [5.74, 6) is -0.397. The van der Waals surface area contributed by atoms with Gasteiger partial charge in [-0.05, 0) is 51.3 Å². The fourth-order valence-corrected chi connectivity index (χ4v) is 4.08. The molecule has 5 heteroatoms. The van der Waals surface area contributed by atoms with Gasteiger partial charge in [0.25, 0.3) is 0 Å². The molecule has 122 valence electrons. The molecule has 0 N–H and O–H groups in total. The van der Waals surface area contributed by atoms with E-state index in [1.165, 1.54) is 13.8 Å². The van der Waals surface area contributed by atoms with Crippen LogP contribution in [0.3, 0.4) is 0 Å². The summed E-state index contributed by atoms with van der Waals surface area (Å²) in [5, 5.41) is 0. The summed E-state index contributed by atoms with van der Waals surface area (Å²) in [5.41, 5.74) is 1.38. The van der Waals surface area contributed by atoms with Gasteiger partial charge < -0.3 is 0 Å². The van der Waals surface area contributed by atoms with Crippen LogP contribution in [-0.2, 0) is 9.84 Å². The highest BCUT2D eigenvalue weighted by atomic mass is 32.2. The van der Waals surface area contributed by atoms with Crippen LogP contribution in [0.1, 0.15) is 29.8 Å². The van der Waals surface area contributed by atoms with E-state index in [2.05, 4.69) is 0 Å². The Morgan fingerprint density at radius 1 is 0.957 bits per heavy atom. The minimum absolute atomic E-state index is 0.169. The quantitative estimate of drug-likeness (QED) is 0.601. The number of hydrogen-bond acceptors (Lipinski definition) is 4. The predicted octanol–water partition coefficient (Wildman–Crippen LogP) is 4.15. The summed E-state index contributed by atoms with van der Waals surface area (Å²) in [7, 11) is -3.77. The summed E-state index contributed by atoms with van der Waals surface area (Å²) < 4.78 is 24.2. The first-order valence-corrected chi connectivity index (χ1v) is 9.91. The fraction of sp³-hybridized carbons (Fsp3) is 0.278. The van der Waals surface area contributed by atoms with E-state index in [4.69, 9.17) is 0 Å². The van der Waals surface area contributed by atoms with Crippen molar-refractivity contribution in [2.24, 2.45) is 0 Å². The molecule has 0 amide bonds. The van der Waals surface area contributed by atoms with Gasteiger partial charge in [0.2, 0.25) is 0 Å². The Bertz CT molecular complexity index is 802. The highest BCUT2D eigenvalue weighted by Gasteiger charge is 2.42. The second-order valence-electron chi connectivity index (χ2n) is 5.88. The Morgan fingerprint density at radius 2 is 1.48 bits per heavy atom. The molecule has 0 bridgehead atoms. The van der Waals surface area contributed by atoms with E-state index in [0.29, 0.717) is 5.56 Å². The van der Waals surface area contributed by atoms with Crippen molar-refractivity contribution < 1.29 is 13.2 Å². The van der Waals surface area contributed by atoms with Crippen molar-refractivity contribution in [2.75, 3.05) is 6.26 Å². The molecule has 3 nitrogen and oxygen atoms in total. The third kappa shape index (κ3) is 3.35. The van der Waals surface area contributed by atoms with Crippen molar-refractivity contribution >= 4 is 27.4 Å². The second-order valence-corrected chi connectivity index (χ2v) is 9.26. The topological polar surface area (TPSA) is 51.2 Å². The molecule has 0 unspecified atom stereocenters. The van der Waals surface area contributed by atoms with Crippen LogP contribution >= 0.6 is 11.8 Å². The molecule has 0 atom stereocenters. The van der Waals surface area contributed by atoms with Crippen LogP contribution in [0, 0.1) is 6.92 Å². The van der Waals surface area contributed by atoms with Crippen molar-refractivity contribution in [1.29, 1.82) is 0 Å². The van der Waals surface area contributed by atoms with Crippen molar-refractivity contribution in [3.05, 3.63) is 59.7 Å². The van der Waals surface area contributed by atoms with Gasteiger partial charge in [0.15, 0.2) is 15.6 Å². The van der Waals surface area contributed by atoms with Gasteiger partial charge >= 0.3 is 0 Å². The number of benzene rings is 2. The van der Waals surface area contributed by atoms with Gasteiger partial charge in [0.05, 0.1) is 4.90 Å². The summed E-state index contributed by atoms with van der Waals surface area (Å²) in [4.78, 5) is 14.0. The maximum absolute atomic E-state index is 12.9. The molecule has 0 saturated carbocycles. The van der Waals surface area contributed by atoms with E-state index in [0.717, 1.165) is 10.5 Å². The Hall–Kier alpha value is -1.59. The van der Waals surface area contributed by atoms with Crippen molar-refractivity contribution in [3.8, 4) is 0 Å². The van der Waals surface area contributed by atoms with Crippen LogP contribution in [0.2, 0.25) is 0 Å². The van der Waals surface area contributed by atoms with E-state index >= 15 is 0 Å². The zero-order valence-corrected chi connectivity index (χ0v) is 15.3. The third-order valence-corrected chi connectivity index (χ3v) is 7.07. The molecule has 0 spiro atoms. The molecule has 0 radical (unpaired) electrons. The highest BCUT2D eigenvalue weighted by Crippen LogP contribution is 2.29. The lowest BCUT2D eigenvalue weighted by atomic mass is 10.0. The standard InChI is InChI=1S/C18H20O3S2/c1-13-5-11-16(12-6-13)23(20,21)18(2,3)17(19)14-7-9-15(22-4)10-8-14/h5-12H,1-4H3. The fourth-order valence-electron chi connectivity index (χ4n) is 2.22. The maximum Gasteiger partial charge on any atom is 0.190 e. The third-order valence-electron chi connectivity index (χ3n) is 3.90. The van der Waals surface area contributed by atoms with Gasteiger partial charge in [-0.1, -0.05) is 29.8 Å². The summed E-state index contributed by atoms with van der Waals surface area (Å²) >= 11 is 1.57. The molecule has 0 saturated heterocycles. The first kappa shape index (κ1) is 17.8. The number of aryl methyl sites for hydroxylation is 1. The van der Waals surface area contributed by atoms with E-state index in [1.54, 1.807) is 48.2 Å². The van der Waals surface area contributed by atoms with Crippen molar-refractivity contribution in [3.63, 3.8) is 0 Å². The first-order valence-electron chi connectivity index (χ1n) is 7.20. The molecule has 2 rings (SSSR count). The van der Waals surface area contributed by atoms with Gasteiger partial charge in [-0.3, -0.25) is 4.79 Å². The molecule has 0 fully saturated rings. The van der Waals surface area contributed by atoms with Crippen LogP contribution < -0.4 is 0 Å². The largest absolute Gasteiger partial charge is 0.292 e. The molecule has 2 aromatic rings. The van der Waals surface area contributed by atoms with E-state index in [-0.39, 0.29) is 4.90 Å². The van der Waals surface area contributed by atoms with Crippen LogP contribution in [-0.4, -0.2) is 25.2 Å². The number of sulfone groups is 1. The number of hydrogen-bond donors (Lipinski definition) is 0. The summed E-state index contributed by atoms with van der Waals surface area (Å²) in [6.07, 6.45) is 1.95. The lowest BCUT2D eigenvalue weighted by Crippen LogP contribution is -2.40. The van der Waals surface area contributed by atoms with E-state index in [9.17, 15) is 13.2 Å². The Morgan fingerprint density at radius 3 is 1.96 bits per heavy atom. The van der Waals surface area contributed by atoms with Gasteiger partial charge in [0.1, 0.15) is 4.75 Å². The number of Topliss-reactive ketones (excluding diaryl/α,β-unsaturated/α-hetero) is 1. The zero-order valence-electron chi connectivity index (χ0n) is 13.7. The number of carbonyl (C=O) groups excluding carboxylic acids is 1. The molecule has 0 aliphatic carbocycles. The van der Waals surface area contributed by atoms with E-state index in [1.807, 2.05) is 25.3 Å². The molecule has 0 aliphatic heterocycles. The smallest absolute Gasteiger partial charge is 0.190 e. The van der Waals surface area contributed by atoms with Gasteiger partial charge in [-0.2, -0.15) is 0 Å². The Kier molecular flexibility index (Phi) is 5.01. The Balaban J connectivity index is 2.42. The monoisotopic (exact) mass is 348 g/mol. The van der Waals surface area contributed by atoms with Crippen LogP contribution in [0.25, 0.3) is 0 Å². The first-order chi connectivity index (χ1) is 10.7. The van der Waals surface area contributed by atoms with Gasteiger partial charge in [-0.25, -0.2) is 8.42 Å². The maximum atomic E-state index is 12.9. The number of rotatable bonds is 5. The van der Waals surface area contributed by atoms with Crippen LogP contribution in [0.4, 0.5) is 0 Å². The minimum Gasteiger partial charge on any atom is -0.292 e. The molecular weight excluding hydrogens is 328 g/mol. The Labute approximate surface area is 142 Å². The molecule has 2 aromatic carbocycles. The van der Waals surface area contributed by atoms with Crippen molar-refractivity contribution in [1.82, 2.24) is 0 Å². The zero-order chi connectivity index (χ0) is 17.3. The molecule has 0 aromatic heterocycles. The molecule has 0 heterocycles. The predicted molar refractivity (Wildman–Crippen MR) is 95.0 cm³/mol. The van der Waals surface area contributed by atoms with E-state index < -0.39 is 20.4 Å². The summed E-state index contributed by atoms with van der Waals surface area (Å²) in [6.45, 7) is 4.82. The number of ketones is 1. The highest BCUT2D eigenvalue weighted by molar-refractivity contribution is 7.98. The number of thioether (sulfide) groups is 1. The lowest BCUT2D eigenvalue weighted by Gasteiger charge is -2.23. The molecule has 23 heavy (non-hydrogen) atoms. The summed E-state index contributed by atoms with van der Waals surface area (Å²) in [6, 6.07) is 13.6. The SMILES string of the molecule is CSc1ccc(C(=O)C(C)(C)S(=O)(=O)c2ccc(C)cc2)cc1. The lowest BCUT2D eigenvalue weighted by molar-refractivity contribution is 0.0953. The van der Waals surface area contributed by atoms with Crippen LogP contribution in [0.15, 0.2) is 58.3 Å². The molecular formula is C18H20O3S2. The molecule has 0 aliphatic rings. The minimum atomic E-state index is -3.77. The average molecular weight is 348 g/mol. The second kappa shape index (κ2) is 6.49. The number of carbonyl (C=O) groups is 1. The van der Waals surface area contributed by atoms with Crippen molar-refractivity contribution in [2.45, 2.75) is 35.3 Å². The van der Waals surface area contributed by atoms with Gasteiger partial charge in [0, 0.05) is 10.5 Å².